The van der Waals surface area contributed by atoms with Crippen molar-refractivity contribution in [3.8, 4) is 22.3 Å². The van der Waals surface area contributed by atoms with Gasteiger partial charge in [0.05, 0.1) is 55.4 Å². The molecule has 2 nitrogen and oxygen atoms in total. The molecule has 4 rings (SSSR count). The van der Waals surface area contributed by atoms with Gasteiger partial charge in [0.15, 0.2) is 0 Å². The molecule has 1 aliphatic carbocycles. The van der Waals surface area contributed by atoms with Gasteiger partial charge >= 0.3 is 0 Å². The summed E-state index contributed by atoms with van der Waals surface area (Å²) in [4.78, 5) is 0. The summed E-state index contributed by atoms with van der Waals surface area (Å²) in [6.07, 6.45) is 13.1. The molecule has 0 fully saturated rings. The minimum atomic E-state index is 0.136. The molecule has 0 heterocycles. The molecule has 0 bridgehead atoms. The molecule has 39 heavy (non-hydrogen) atoms. The van der Waals surface area contributed by atoms with Crippen molar-refractivity contribution < 1.29 is 8.97 Å². The predicted molar refractivity (Wildman–Crippen MR) is 170 cm³/mol. The third-order valence-electron chi connectivity index (χ3n) is 8.74. The summed E-state index contributed by atoms with van der Waals surface area (Å²) in [7, 11) is 13.9. The molecule has 3 aromatic carbocycles. The first-order valence-electron chi connectivity index (χ1n) is 15.5. The molecule has 0 aliphatic heterocycles. The molecular formula is C37H54N2+2. The number of nitrogens with zero attached hydrogens (tertiary/aromatic N) is 2. The Hall–Kier alpha value is -2.42. The Morgan fingerprint density at radius 2 is 0.974 bits per heavy atom. The third kappa shape index (κ3) is 7.83. The third-order valence-corrected chi connectivity index (χ3v) is 8.74. The highest BCUT2D eigenvalue weighted by Gasteiger charge is 2.42. The molecule has 0 unspecified atom stereocenters. The Labute approximate surface area is 239 Å². The lowest BCUT2D eigenvalue weighted by molar-refractivity contribution is -0.870. The van der Waals surface area contributed by atoms with E-state index >= 15 is 0 Å². The van der Waals surface area contributed by atoms with Gasteiger partial charge in [-0.15, -0.1) is 0 Å². The highest BCUT2D eigenvalue weighted by molar-refractivity contribution is 5.83. The van der Waals surface area contributed by atoms with E-state index in [1.807, 2.05) is 0 Å². The van der Waals surface area contributed by atoms with E-state index in [1.54, 1.807) is 11.1 Å². The highest BCUT2D eigenvalue weighted by atomic mass is 15.3. The number of benzene rings is 3. The fourth-order valence-corrected chi connectivity index (χ4v) is 6.66. The maximum absolute atomic E-state index is 2.55. The van der Waals surface area contributed by atoms with Crippen LogP contribution in [0.3, 0.4) is 0 Å². The normalized spacial score (nSPS) is 14.3. The van der Waals surface area contributed by atoms with Crippen molar-refractivity contribution in [3.05, 3.63) is 83.9 Å². The van der Waals surface area contributed by atoms with Crippen LogP contribution >= 0.6 is 0 Å². The van der Waals surface area contributed by atoms with Crippen molar-refractivity contribution >= 4 is 0 Å². The van der Waals surface area contributed by atoms with Gasteiger partial charge in [-0.25, -0.2) is 0 Å². The van der Waals surface area contributed by atoms with Crippen LogP contribution in [0.15, 0.2) is 72.8 Å². The van der Waals surface area contributed by atoms with E-state index < -0.39 is 0 Å². The zero-order chi connectivity index (χ0) is 27.9. The maximum atomic E-state index is 2.55. The smallest absolute Gasteiger partial charge is 0.0780 e. The molecule has 0 saturated heterocycles. The van der Waals surface area contributed by atoms with Crippen molar-refractivity contribution in [2.75, 3.05) is 55.4 Å². The zero-order valence-corrected chi connectivity index (χ0v) is 25.8. The molecule has 0 saturated carbocycles. The number of fused-ring (bicyclic) bond motifs is 3. The fraction of sp³-hybridized carbons (Fsp3) is 0.514. The first-order chi connectivity index (χ1) is 18.6. The monoisotopic (exact) mass is 526 g/mol. The van der Waals surface area contributed by atoms with Crippen LogP contribution in [0.4, 0.5) is 0 Å². The van der Waals surface area contributed by atoms with Crippen molar-refractivity contribution in [2.24, 2.45) is 0 Å². The standard InChI is InChI=1S/C37H54N2/c1-38(2,3)28-18-9-7-16-26-37(27-17-8-10-19-29-39(4,5)6)35-23-15-14-22-33(35)34-25-24-32(30-36(34)37)31-20-12-11-13-21-31/h11-15,20-25,30H,7-10,16-19,26-29H2,1-6H3/q+2. The van der Waals surface area contributed by atoms with Gasteiger partial charge in [0.25, 0.3) is 0 Å². The van der Waals surface area contributed by atoms with E-state index in [2.05, 4.69) is 115 Å². The van der Waals surface area contributed by atoms with Gasteiger partial charge < -0.3 is 8.97 Å². The summed E-state index contributed by atoms with van der Waals surface area (Å²) in [5.41, 5.74) is 8.94. The molecular weight excluding hydrogens is 472 g/mol. The molecule has 210 valence electrons. The number of hydrogen-bond acceptors (Lipinski definition) is 0. The molecule has 0 N–H and O–H groups in total. The molecule has 2 heteroatoms. The second-order valence-electron chi connectivity index (χ2n) is 14.1. The van der Waals surface area contributed by atoms with E-state index in [9.17, 15) is 0 Å². The molecule has 0 amide bonds. The summed E-state index contributed by atoms with van der Waals surface area (Å²) in [5, 5.41) is 0. The summed E-state index contributed by atoms with van der Waals surface area (Å²) in [6.45, 7) is 2.54. The second-order valence-corrected chi connectivity index (χ2v) is 14.1. The first-order valence-corrected chi connectivity index (χ1v) is 15.5. The van der Waals surface area contributed by atoms with E-state index in [-0.39, 0.29) is 5.41 Å². The lowest BCUT2D eigenvalue weighted by Gasteiger charge is -2.33. The Balaban J connectivity index is 1.58. The maximum Gasteiger partial charge on any atom is 0.0780 e. The van der Waals surface area contributed by atoms with Crippen LogP contribution in [-0.2, 0) is 5.41 Å². The van der Waals surface area contributed by atoms with Crippen LogP contribution in [-0.4, -0.2) is 64.3 Å². The van der Waals surface area contributed by atoms with E-state index in [1.165, 1.54) is 99.6 Å². The quantitative estimate of drug-likeness (QED) is 0.137. The lowest BCUT2D eigenvalue weighted by atomic mass is 9.70. The molecule has 0 atom stereocenters. The molecule has 1 aliphatic rings. The Bertz CT molecular complexity index is 1150. The van der Waals surface area contributed by atoms with Gasteiger partial charge in [-0.2, -0.15) is 0 Å². The average molecular weight is 527 g/mol. The summed E-state index contributed by atoms with van der Waals surface area (Å²) >= 11 is 0. The Kier molecular flexibility index (Phi) is 9.73. The number of rotatable bonds is 15. The minimum absolute atomic E-state index is 0.136. The van der Waals surface area contributed by atoms with Gasteiger partial charge in [-0.1, -0.05) is 92.4 Å². The van der Waals surface area contributed by atoms with Crippen molar-refractivity contribution in [2.45, 2.75) is 69.6 Å². The predicted octanol–water partition coefficient (Wildman–Crippen LogP) is 8.93. The van der Waals surface area contributed by atoms with Crippen LogP contribution < -0.4 is 0 Å². The van der Waals surface area contributed by atoms with Crippen LogP contribution in [0.5, 0.6) is 0 Å². The van der Waals surface area contributed by atoms with E-state index in [0.717, 1.165) is 8.97 Å². The van der Waals surface area contributed by atoms with Crippen LogP contribution in [0.1, 0.15) is 75.3 Å². The van der Waals surface area contributed by atoms with Crippen molar-refractivity contribution in [1.29, 1.82) is 0 Å². The first kappa shape index (κ1) is 29.6. The lowest BCUT2D eigenvalue weighted by Crippen LogP contribution is -2.35. The summed E-state index contributed by atoms with van der Waals surface area (Å²) in [5.74, 6) is 0. The topological polar surface area (TPSA) is 0 Å². The van der Waals surface area contributed by atoms with E-state index in [4.69, 9.17) is 0 Å². The zero-order valence-electron chi connectivity index (χ0n) is 25.8. The largest absolute Gasteiger partial charge is 0.331 e. The van der Waals surface area contributed by atoms with Crippen LogP contribution in [0.25, 0.3) is 22.3 Å². The van der Waals surface area contributed by atoms with Crippen LogP contribution in [0, 0.1) is 0 Å². The van der Waals surface area contributed by atoms with Gasteiger partial charge in [-0.3, -0.25) is 0 Å². The molecule has 0 spiro atoms. The second kappa shape index (κ2) is 12.8. The Morgan fingerprint density at radius 3 is 1.56 bits per heavy atom. The van der Waals surface area contributed by atoms with E-state index in [0.29, 0.717) is 0 Å². The Morgan fingerprint density at radius 1 is 0.462 bits per heavy atom. The van der Waals surface area contributed by atoms with Gasteiger partial charge in [0.2, 0.25) is 0 Å². The van der Waals surface area contributed by atoms with Gasteiger partial charge in [0.1, 0.15) is 0 Å². The van der Waals surface area contributed by atoms with Gasteiger partial charge in [-0.05, 0) is 78.0 Å². The number of quaternary nitrogens is 2. The number of unbranched alkanes of at least 4 members (excludes halogenated alkanes) is 6. The molecule has 0 radical (unpaired) electrons. The molecule has 0 aromatic heterocycles. The molecule has 3 aromatic rings. The fourth-order valence-electron chi connectivity index (χ4n) is 6.66. The SMILES string of the molecule is C[N+](C)(C)CCCCCCC1(CCCCCC[N+](C)(C)C)c2ccccc2-c2ccc(-c3ccccc3)cc21. The van der Waals surface area contributed by atoms with Crippen LogP contribution in [0.2, 0.25) is 0 Å². The highest BCUT2D eigenvalue weighted by Crippen LogP contribution is 2.54. The van der Waals surface area contributed by atoms with Gasteiger partial charge in [0, 0.05) is 5.41 Å². The average Bonchev–Trinajstić information content (AvgIpc) is 3.17. The van der Waals surface area contributed by atoms with Crippen molar-refractivity contribution in [1.82, 2.24) is 0 Å². The number of hydrogen-bond donors (Lipinski definition) is 0. The summed E-state index contributed by atoms with van der Waals surface area (Å²) < 4.78 is 2.14. The minimum Gasteiger partial charge on any atom is -0.331 e. The summed E-state index contributed by atoms with van der Waals surface area (Å²) in [6, 6.07) is 27.6. The van der Waals surface area contributed by atoms with Crippen molar-refractivity contribution in [3.63, 3.8) is 0 Å².